The number of halogens is 1. The fourth-order valence-corrected chi connectivity index (χ4v) is 4.50. The van der Waals surface area contributed by atoms with Crippen molar-refractivity contribution < 1.29 is 18.7 Å². The standard InChI is InChI=1S/C23H26FN3O3/c24-18-4-6-19(7-5-18)30-21-22(29)27(23(21)11-2-1-3-12-23)16-20(28)26-15-10-17-8-13-25-14-9-17/h4-9,13-14,21H,1-3,10-12,15-16H2,(H,26,28). The number of carbonyl (C=O) groups is 2. The van der Waals surface area contributed by atoms with E-state index in [4.69, 9.17) is 4.74 Å². The summed E-state index contributed by atoms with van der Waals surface area (Å²) >= 11 is 0. The van der Waals surface area contributed by atoms with Crippen molar-refractivity contribution in [3.8, 4) is 5.75 Å². The second-order valence-corrected chi connectivity index (χ2v) is 8.00. The van der Waals surface area contributed by atoms with Gasteiger partial charge in [0.15, 0.2) is 6.10 Å². The molecular formula is C23H26FN3O3. The highest BCUT2D eigenvalue weighted by molar-refractivity contribution is 5.94. The highest BCUT2D eigenvalue weighted by Crippen LogP contribution is 2.45. The fraction of sp³-hybridized carbons (Fsp3) is 0.435. The van der Waals surface area contributed by atoms with Crippen LogP contribution >= 0.6 is 0 Å². The lowest BCUT2D eigenvalue weighted by molar-refractivity contribution is -0.187. The van der Waals surface area contributed by atoms with E-state index in [1.165, 1.54) is 24.3 Å². The first kappa shape index (κ1) is 20.3. The lowest BCUT2D eigenvalue weighted by Gasteiger charge is -2.58. The molecule has 2 fully saturated rings. The quantitative estimate of drug-likeness (QED) is 0.712. The molecule has 1 unspecified atom stereocenters. The van der Waals surface area contributed by atoms with Gasteiger partial charge in [-0.1, -0.05) is 19.3 Å². The number of pyridine rings is 1. The van der Waals surface area contributed by atoms with Crippen LogP contribution in [-0.4, -0.2) is 46.4 Å². The number of nitrogens with one attached hydrogen (secondary N) is 1. The van der Waals surface area contributed by atoms with Gasteiger partial charge in [-0.2, -0.15) is 0 Å². The van der Waals surface area contributed by atoms with Crippen molar-refractivity contribution >= 4 is 11.8 Å². The van der Waals surface area contributed by atoms with Crippen molar-refractivity contribution in [3.05, 3.63) is 60.2 Å². The van der Waals surface area contributed by atoms with E-state index < -0.39 is 11.6 Å². The van der Waals surface area contributed by atoms with E-state index in [1.54, 1.807) is 17.3 Å². The van der Waals surface area contributed by atoms with Crippen molar-refractivity contribution in [2.45, 2.75) is 50.2 Å². The van der Waals surface area contributed by atoms with Crippen LogP contribution in [0.2, 0.25) is 0 Å². The van der Waals surface area contributed by atoms with Gasteiger partial charge < -0.3 is 15.0 Å². The van der Waals surface area contributed by atoms with Gasteiger partial charge in [-0.15, -0.1) is 0 Å². The van der Waals surface area contributed by atoms with Crippen LogP contribution < -0.4 is 10.1 Å². The minimum absolute atomic E-state index is 0.0401. The van der Waals surface area contributed by atoms with Crippen LogP contribution in [0.5, 0.6) is 5.75 Å². The lowest BCUT2D eigenvalue weighted by Crippen LogP contribution is -2.77. The molecule has 0 radical (unpaired) electrons. The Balaban J connectivity index is 1.37. The molecule has 2 amide bonds. The number of amides is 2. The molecule has 1 aliphatic carbocycles. The van der Waals surface area contributed by atoms with Gasteiger partial charge in [0.25, 0.3) is 5.91 Å². The summed E-state index contributed by atoms with van der Waals surface area (Å²) in [7, 11) is 0. The summed E-state index contributed by atoms with van der Waals surface area (Å²) in [5.41, 5.74) is 0.647. The molecule has 7 heteroatoms. The van der Waals surface area contributed by atoms with Crippen LogP contribution in [0.1, 0.15) is 37.7 Å². The first-order valence-corrected chi connectivity index (χ1v) is 10.5. The summed E-state index contributed by atoms with van der Waals surface area (Å²) in [6, 6.07) is 9.54. The van der Waals surface area contributed by atoms with E-state index in [2.05, 4.69) is 10.3 Å². The molecule has 1 saturated carbocycles. The summed E-state index contributed by atoms with van der Waals surface area (Å²) in [4.78, 5) is 31.1. The van der Waals surface area contributed by atoms with E-state index in [0.717, 1.165) is 37.7 Å². The molecule has 1 atom stereocenters. The minimum Gasteiger partial charge on any atom is -0.478 e. The molecule has 1 aliphatic heterocycles. The number of β-lactam (4-membered cyclic amide) rings is 1. The maximum atomic E-state index is 13.2. The molecule has 158 valence electrons. The number of aromatic nitrogens is 1. The number of nitrogens with zero attached hydrogens (tertiary/aromatic N) is 2. The van der Waals surface area contributed by atoms with Gasteiger partial charge >= 0.3 is 0 Å². The van der Waals surface area contributed by atoms with Crippen LogP contribution in [0.15, 0.2) is 48.8 Å². The minimum atomic E-state index is -0.618. The Bertz CT molecular complexity index is 882. The van der Waals surface area contributed by atoms with Gasteiger partial charge in [0.1, 0.15) is 18.1 Å². The van der Waals surface area contributed by atoms with Crippen molar-refractivity contribution in [3.63, 3.8) is 0 Å². The molecule has 2 heterocycles. The van der Waals surface area contributed by atoms with Crippen LogP contribution in [0.4, 0.5) is 4.39 Å². The average Bonchev–Trinajstić information content (AvgIpc) is 2.78. The van der Waals surface area contributed by atoms with Crippen molar-refractivity contribution in [1.29, 1.82) is 0 Å². The van der Waals surface area contributed by atoms with Gasteiger partial charge in [-0.3, -0.25) is 14.6 Å². The van der Waals surface area contributed by atoms with E-state index >= 15 is 0 Å². The zero-order valence-electron chi connectivity index (χ0n) is 16.9. The Morgan fingerprint density at radius 1 is 1.13 bits per heavy atom. The predicted molar refractivity (Wildman–Crippen MR) is 109 cm³/mol. The molecule has 30 heavy (non-hydrogen) atoms. The molecular weight excluding hydrogens is 385 g/mol. The molecule has 6 nitrogen and oxygen atoms in total. The second-order valence-electron chi connectivity index (χ2n) is 8.00. The van der Waals surface area contributed by atoms with Gasteiger partial charge in [0, 0.05) is 18.9 Å². The zero-order chi connectivity index (χ0) is 21.0. The summed E-state index contributed by atoms with van der Waals surface area (Å²) in [6.45, 7) is 0.547. The number of likely N-dealkylation sites (tertiary alicyclic amines) is 1. The number of benzene rings is 1. The highest BCUT2D eigenvalue weighted by atomic mass is 19.1. The van der Waals surface area contributed by atoms with E-state index in [0.29, 0.717) is 18.7 Å². The normalized spacial score (nSPS) is 20.0. The Morgan fingerprint density at radius 3 is 2.53 bits per heavy atom. The molecule has 1 saturated heterocycles. The smallest absolute Gasteiger partial charge is 0.267 e. The van der Waals surface area contributed by atoms with Gasteiger partial charge in [-0.25, -0.2) is 4.39 Å². The summed E-state index contributed by atoms with van der Waals surface area (Å²) in [5, 5.41) is 2.91. The molecule has 1 spiro atoms. The predicted octanol–water partition coefficient (Wildman–Crippen LogP) is 2.87. The summed E-state index contributed by atoms with van der Waals surface area (Å²) in [5.74, 6) is -0.214. The molecule has 1 aromatic carbocycles. The zero-order valence-corrected chi connectivity index (χ0v) is 16.9. The Labute approximate surface area is 175 Å². The van der Waals surface area contributed by atoms with Crippen LogP contribution in [0.25, 0.3) is 0 Å². The highest BCUT2D eigenvalue weighted by Gasteiger charge is 2.62. The van der Waals surface area contributed by atoms with Gasteiger partial charge in [-0.05, 0) is 61.2 Å². The van der Waals surface area contributed by atoms with Crippen LogP contribution in [0.3, 0.4) is 0 Å². The monoisotopic (exact) mass is 411 g/mol. The number of ether oxygens (including phenoxy) is 1. The molecule has 0 bridgehead atoms. The molecule has 2 aliphatic rings. The Hall–Kier alpha value is -2.96. The third-order valence-corrected chi connectivity index (χ3v) is 6.09. The number of rotatable bonds is 7. The van der Waals surface area contributed by atoms with Crippen LogP contribution in [-0.2, 0) is 16.0 Å². The fourth-order valence-electron chi connectivity index (χ4n) is 4.50. The maximum Gasteiger partial charge on any atom is 0.267 e. The largest absolute Gasteiger partial charge is 0.478 e. The third kappa shape index (κ3) is 4.15. The molecule has 4 rings (SSSR count). The number of hydrogen-bond donors (Lipinski definition) is 1. The topological polar surface area (TPSA) is 71.5 Å². The average molecular weight is 411 g/mol. The summed E-state index contributed by atoms with van der Waals surface area (Å²) < 4.78 is 19.1. The van der Waals surface area contributed by atoms with Gasteiger partial charge in [0.2, 0.25) is 5.91 Å². The van der Waals surface area contributed by atoms with Crippen molar-refractivity contribution in [1.82, 2.24) is 15.2 Å². The Kier molecular flexibility index (Phi) is 5.97. The molecule has 1 aromatic heterocycles. The van der Waals surface area contributed by atoms with Crippen molar-refractivity contribution in [2.75, 3.05) is 13.1 Å². The third-order valence-electron chi connectivity index (χ3n) is 6.09. The second kappa shape index (κ2) is 8.81. The maximum absolute atomic E-state index is 13.2. The number of carbonyl (C=O) groups excluding carboxylic acids is 2. The van der Waals surface area contributed by atoms with Gasteiger partial charge in [0.05, 0.1) is 5.54 Å². The molecule has 1 N–H and O–H groups in total. The van der Waals surface area contributed by atoms with E-state index in [1.807, 2.05) is 12.1 Å². The first-order valence-electron chi connectivity index (χ1n) is 10.5. The molecule has 2 aromatic rings. The number of hydrogen-bond acceptors (Lipinski definition) is 4. The van der Waals surface area contributed by atoms with E-state index in [-0.39, 0.29) is 24.2 Å². The summed E-state index contributed by atoms with van der Waals surface area (Å²) in [6.07, 6.45) is 8.29. The lowest BCUT2D eigenvalue weighted by atomic mass is 9.70. The van der Waals surface area contributed by atoms with E-state index in [9.17, 15) is 14.0 Å². The first-order chi connectivity index (χ1) is 14.6. The van der Waals surface area contributed by atoms with Crippen molar-refractivity contribution in [2.24, 2.45) is 0 Å². The SMILES string of the molecule is O=C(CN1C(=O)C(Oc2ccc(F)cc2)C12CCCCC2)NCCc1ccncc1. The van der Waals surface area contributed by atoms with Crippen LogP contribution in [0, 0.1) is 5.82 Å². The Morgan fingerprint density at radius 2 is 1.83 bits per heavy atom.